The highest BCUT2D eigenvalue weighted by molar-refractivity contribution is 7.18. The average molecular weight is 233 g/mol. The molecule has 0 saturated heterocycles. The summed E-state index contributed by atoms with van der Waals surface area (Å²) in [5.74, 6) is 0.912. The van der Waals surface area contributed by atoms with Crippen LogP contribution in [0.3, 0.4) is 0 Å². The quantitative estimate of drug-likeness (QED) is 0.827. The Bertz CT molecular complexity index is 542. The molecule has 1 N–H and O–H groups in total. The van der Waals surface area contributed by atoms with Crippen molar-refractivity contribution in [2.45, 2.75) is 20.8 Å². The number of aromatic nitrogens is 2. The van der Waals surface area contributed by atoms with E-state index in [0.29, 0.717) is 0 Å². The normalized spacial score (nSPS) is 10.7. The van der Waals surface area contributed by atoms with E-state index in [4.69, 9.17) is 0 Å². The fourth-order valence-corrected chi connectivity index (χ4v) is 2.55. The van der Waals surface area contributed by atoms with Gasteiger partial charge in [0.05, 0.1) is 5.39 Å². The third-order valence-electron chi connectivity index (χ3n) is 2.52. The number of aryl methyl sites for hydroxylation is 2. The van der Waals surface area contributed by atoms with E-state index < -0.39 is 0 Å². The number of fused-ring (bicyclic) bond motifs is 1. The molecule has 0 aliphatic heterocycles. The molecule has 0 atom stereocenters. The van der Waals surface area contributed by atoms with Crippen molar-refractivity contribution in [3.8, 4) is 0 Å². The molecular weight excluding hydrogens is 218 g/mol. The fourth-order valence-electron chi connectivity index (χ4n) is 1.55. The zero-order valence-corrected chi connectivity index (χ0v) is 10.6. The van der Waals surface area contributed by atoms with E-state index in [1.54, 1.807) is 17.7 Å². The third-order valence-corrected chi connectivity index (χ3v) is 3.64. The van der Waals surface area contributed by atoms with Gasteiger partial charge in [0.15, 0.2) is 0 Å². The summed E-state index contributed by atoms with van der Waals surface area (Å²) in [6, 6.07) is 0. The second-order valence-electron chi connectivity index (χ2n) is 4.00. The molecule has 16 heavy (non-hydrogen) atoms. The highest BCUT2D eigenvalue weighted by atomic mass is 32.1. The molecule has 0 radical (unpaired) electrons. The number of rotatable bonds is 3. The van der Waals surface area contributed by atoms with Gasteiger partial charge in [-0.1, -0.05) is 12.2 Å². The predicted molar refractivity (Wildman–Crippen MR) is 70.2 cm³/mol. The van der Waals surface area contributed by atoms with Gasteiger partial charge in [-0.3, -0.25) is 0 Å². The van der Waals surface area contributed by atoms with Crippen LogP contribution in [0, 0.1) is 13.8 Å². The first-order valence-corrected chi connectivity index (χ1v) is 6.00. The summed E-state index contributed by atoms with van der Waals surface area (Å²) in [7, 11) is 0. The molecular formula is C12H15N3S. The second kappa shape index (κ2) is 4.22. The lowest BCUT2D eigenvalue weighted by Crippen LogP contribution is -2.04. The largest absolute Gasteiger partial charge is 0.366 e. The number of hydrogen-bond donors (Lipinski definition) is 1. The van der Waals surface area contributed by atoms with Crippen LogP contribution < -0.4 is 5.32 Å². The minimum atomic E-state index is 0.750. The van der Waals surface area contributed by atoms with E-state index in [0.717, 1.165) is 28.2 Å². The highest BCUT2D eigenvalue weighted by Gasteiger charge is 2.11. The molecule has 2 aromatic rings. The van der Waals surface area contributed by atoms with Crippen molar-refractivity contribution >= 4 is 27.4 Å². The van der Waals surface area contributed by atoms with Gasteiger partial charge >= 0.3 is 0 Å². The maximum absolute atomic E-state index is 4.30. The first kappa shape index (κ1) is 11.1. The zero-order valence-electron chi connectivity index (χ0n) is 9.79. The lowest BCUT2D eigenvalue weighted by atomic mass is 10.2. The van der Waals surface area contributed by atoms with Crippen LogP contribution in [0.4, 0.5) is 5.82 Å². The Morgan fingerprint density at radius 1 is 1.44 bits per heavy atom. The van der Waals surface area contributed by atoms with Gasteiger partial charge in [0.2, 0.25) is 0 Å². The summed E-state index contributed by atoms with van der Waals surface area (Å²) in [4.78, 5) is 10.9. The number of anilines is 1. The monoisotopic (exact) mass is 233 g/mol. The number of nitrogens with one attached hydrogen (secondary N) is 1. The molecule has 2 aromatic heterocycles. The lowest BCUT2D eigenvalue weighted by molar-refractivity contribution is 1.15. The van der Waals surface area contributed by atoms with E-state index in [1.165, 1.54) is 10.4 Å². The van der Waals surface area contributed by atoms with Crippen LogP contribution in [-0.4, -0.2) is 16.5 Å². The fraction of sp³-hybridized carbons (Fsp3) is 0.333. The lowest BCUT2D eigenvalue weighted by Gasteiger charge is -2.06. The van der Waals surface area contributed by atoms with Crippen LogP contribution in [-0.2, 0) is 0 Å². The molecule has 0 bridgehead atoms. The van der Waals surface area contributed by atoms with E-state index >= 15 is 0 Å². The number of nitrogens with zero attached hydrogens (tertiary/aromatic N) is 2. The smallest absolute Gasteiger partial charge is 0.138 e. The Kier molecular flexibility index (Phi) is 2.92. The van der Waals surface area contributed by atoms with Crippen LogP contribution in [0.2, 0.25) is 0 Å². The summed E-state index contributed by atoms with van der Waals surface area (Å²) in [5.41, 5.74) is 2.36. The van der Waals surface area contributed by atoms with Gasteiger partial charge in [0, 0.05) is 11.4 Å². The Morgan fingerprint density at radius 3 is 2.88 bits per heavy atom. The zero-order chi connectivity index (χ0) is 11.7. The van der Waals surface area contributed by atoms with Gasteiger partial charge in [-0.25, -0.2) is 9.97 Å². The van der Waals surface area contributed by atoms with E-state index in [1.807, 2.05) is 6.92 Å². The maximum Gasteiger partial charge on any atom is 0.138 e. The summed E-state index contributed by atoms with van der Waals surface area (Å²) in [6.45, 7) is 10.9. The van der Waals surface area contributed by atoms with Crippen molar-refractivity contribution < 1.29 is 0 Å². The molecule has 0 aliphatic rings. The number of thiophene rings is 1. The van der Waals surface area contributed by atoms with Crippen molar-refractivity contribution in [3.05, 3.63) is 28.9 Å². The summed E-state index contributed by atoms with van der Waals surface area (Å²) in [6.07, 6.45) is 1.61. The first-order chi connectivity index (χ1) is 7.59. The van der Waals surface area contributed by atoms with Gasteiger partial charge in [-0.2, -0.15) is 0 Å². The van der Waals surface area contributed by atoms with Crippen LogP contribution in [0.25, 0.3) is 10.2 Å². The minimum absolute atomic E-state index is 0.750. The molecule has 0 spiro atoms. The van der Waals surface area contributed by atoms with E-state index in [9.17, 15) is 0 Å². The van der Waals surface area contributed by atoms with Crippen molar-refractivity contribution in [2.75, 3.05) is 11.9 Å². The Balaban J connectivity index is 2.48. The SMILES string of the molecule is C=C(C)CNc1ncnc2sc(C)c(C)c12. The Hall–Kier alpha value is -1.42. The van der Waals surface area contributed by atoms with Crippen LogP contribution in [0.15, 0.2) is 18.5 Å². The molecule has 3 nitrogen and oxygen atoms in total. The van der Waals surface area contributed by atoms with Crippen LogP contribution in [0.5, 0.6) is 0 Å². The number of hydrogen-bond acceptors (Lipinski definition) is 4. The van der Waals surface area contributed by atoms with Gasteiger partial charge < -0.3 is 5.32 Å². The van der Waals surface area contributed by atoms with E-state index in [2.05, 4.69) is 35.7 Å². The predicted octanol–water partition coefficient (Wildman–Crippen LogP) is 3.30. The summed E-state index contributed by atoms with van der Waals surface area (Å²) in [5, 5.41) is 4.44. The van der Waals surface area contributed by atoms with Crippen LogP contribution in [0.1, 0.15) is 17.4 Å². The maximum atomic E-state index is 4.30. The minimum Gasteiger partial charge on any atom is -0.366 e. The van der Waals surface area contributed by atoms with Gasteiger partial charge in [0.25, 0.3) is 0 Å². The van der Waals surface area contributed by atoms with Crippen LogP contribution >= 0.6 is 11.3 Å². The molecule has 0 amide bonds. The molecule has 0 saturated carbocycles. The average Bonchev–Trinajstić information content (AvgIpc) is 2.52. The molecule has 0 fully saturated rings. The van der Waals surface area contributed by atoms with Crippen molar-refractivity contribution in [3.63, 3.8) is 0 Å². The molecule has 0 aliphatic carbocycles. The molecule has 2 heterocycles. The highest BCUT2D eigenvalue weighted by Crippen LogP contribution is 2.32. The van der Waals surface area contributed by atoms with Gasteiger partial charge in [-0.15, -0.1) is 11.3 Å². The molecule has 0 aromatic carbocycles. The topological polar surface area (TPSA) is 37.8 Å². The Morgan fingerprint density at radius 2 is 2.19 bits per heavy atom. The second-order valence-corrected chi connectivity index (χ2v) is 5.20. The van der Waals surface area contributed by atoms with Crippen molar-refractivity contribution in [1.29, 1.82) is 0 Å². The van der Waals surface area contributed by atoms with Gasteiger partial charge in [0.1, 0.15) is 17.0 Å². The van der Waals surface area contributed by atoms with Gasteiger partial charge in [-0.05, 0) is 26.3 Å². The Labute approximate surface area is 99.2 Å². The molecule has 0 unspecified atom stereocenters. The first-order valence-electron chi connectivity index (χ1n) is 5.18. The summed E-state index contributed by atoms with van der Waals surface area (Å²) < 4.78 is 0. The third kappa shape index (κ3) is 1.93. The molecule has 84 valence electrons. The molecule has 4 heteroatoms. The van der Waals surface area contributed by atoms with Crippen molar-refractivity contribution in [2.24, 2.45) is 0 Å². The standard InChI is InChI=1S/C12H15N3S/c1-7(2)5-13-11-10-8(3)9(4)16-12(10)15-6-14-11/h6H,1,5H2,2-4H3,(H,13,14,15). The summed E-state index contributed by atoms with van der Waals surface area (Å²) >= 11 is 1.71. The van der Waals surface area contributed by atoms with Crippen molar-refractivity contribution in [1.82, 2.24) is 9.97 Å². The van der Waals surface area contributed by atoms with E-state index in [-0.39, 0.29) is 0 Å². The molecule has 2 rings (SSSR count).